The number of aliphatic carboxylic acids is 2. The molecule has 1 aliphatic rings. The molecular formula is C31H36N4O10S. The van der Waals surface area contributed by atoms with Gasteiger partial charge in [-0.1, -0.05) is 56.9 Å². The highest BCUT2D eigenvalue weighted by molar-refractivity contribution is 7.86. The molecule has 0 unspecified atom stereocenters. The minimum atomic E-state index is -4.67. The van der Waals surface area contributed by atoms with Gasteiger partial charge in [0.05, 0.1) is 24.9 Å². The van der Waals surface area contributed by atoms with Gasteiger partial charge in [0.15, 0.2) is 5.82 Å². The first kappa shape index (κ1) is 34.1. The molecule has 4 N–H and O–H groups in total. The van der Waals surface area contributed by atoms with E-state index in [-0.39, 0.29) is 30.8 Å². The van der Waals surface area contributed by atoms with E-state index in [1.807, 2.05) is 0 Å². The molecule has 2 aromatic carbocycles. The van der Waals surface area contributed by atoms with Crippen LogP contribution < -0.4 is 10.1 Å². The van der Waals surface area contributed by atoms with Crippen LogP contribution in [0, 0.1) is 0 Å². The lowest BCUT2D eigenvalue weighted by molar-refractivity contribution is -0.149. The molecule has 3 atom stereocenters. The molecule has 2 heterocycles. The van der Waals surface area contributed by atoms with E-state index >= 15 is 0 Å². The van der Waals surface area contributed by atoms with Crippen molar-refractivity contribution in [2.24, 2.45) is 0 Å². The summed E-state index contributed by atoms with van der Waals surface area (Å²) < 4.78 is 40.5. The molecule has 3 aromatic rings. The summed E-state index contributed by atoms with van der Waals surface area (Å²) in [5.41, 5.74) is 0.284. The maximum Gasteiger partial charge on any atom is 0.326 e. The van der Waals surface area contributed by atoms with Gasteiger partial charge in [0.25, 0.3) is 16.0 Å². The van der Waals surface area contributed by atoms with Gasteiger partial charge in [-0.3, -0.25) is 18.9 Å². The Morgan fingerprint density at radius 1 is 1.04 bits per heavy atom. The number of imidazole rings is 1. The average molecular weight is 657 g/mol. The molecule has 0 spiro atoms. The van der Waals surface area contributed by atoms with Crippen molar-refractivity contribution >= 4 is 39.7 Å². The molecule has 246 valence electrons. The highest BCUT2D eigenvalue weighted by atomic mass is 32.2. The van der Waals surface area contributed by atoms with Gasteiger partial charge in [0.1, 0.15) is 28.8 Å². The van der Waals surface area contributed by atoms with E-state index in [1.54, 1.807) is 24.3 Å². The van der Waals surface area contributed by atoms with Crippen molar-refractivity contribution in [3.63, 3.8) is 0 Å². The topological polar surface area (TPSA) is 205 Å². The molecule has 1 aliphatic heterocycles. The lowest BCUT2D eigenvalue weighted by atomic mass is 10.1. The molecule has 1 aromatic heterocycles. The fraction of sp³-hybridized carbons (Fsp3) is 0.387. The molecule has 1 fully saturated rings. The van der Waals surface area contributed by atoms with Crippen molar-refractivity contribution in [2.75, 3.05) is 11.9 Å². The number of rotatable bonds is 15. The van der Waals surface area contributed by atoms with Crippen molar-refractivity contribution in [2.45, 2.75) is 75.0 Å². The minimum Gasteiger partial charge on any atom is -0.488 e. The summed E-state index contributed by atoms with van der Waals surface area (Å²) in [6.07, 6.45) is 5.81. The van der Waals surface area contributed by atoms with E-state index in [0.29, 0.717) is 24.2 Å². The second-order valence-corrected chi connectivity index (χ2v) is 12.4. The molecule has 0 bridgehead atoms. The van der Waals surface area contributed by atoms with Crippen molar-refractivity contribution in [1.82, 2.24) is 14.5 Å². The van der Waals surface area contributed by atoms with Crippen LogP contribution in [0.3, 0.4) is 0 Å². The molecule has 1 saturated heterocycles. The first-order valence-corrected chi connectivity index (χ1v) is 16.2. The van der Waals surface area contributed by atoms with E-state index in [0.717, 1.165) is 25.3 Å². The van der Waals surface area contributed by atoms with Crippen LogP contribution >= 0.6 is 0 Å². The number of hydrogen-bond acceptors (Lipinski definition) is 8. The van der Waals surface area contributed by atoms with Gasteiger partial charge in [-0.2, -0.15) is 8.42 Å². The van der Waals surface area contributed by atoms with Crippen LogP contribution in [0.25, 0.3) is 0 Å². The maximum absolute atomic E-state index is 14.0. The predicted octanol–water partition coefficient (Wildman–Crippen LogP) is 3.65. The summed E-state index contributed by atoms with van der Waals surface area (Å²) in [6, 6.07) is 9.55. The van der Waals surface area contributed by atoms with Gasteiger partial charge in [0, 0.05) is 12.6 Å². The zero-order valence-electron chi connectivity index (χ0n) is 25.1. The van der Waals surface area contributed by atoms with Crippen LogP contribution in [0.1, 0.15) is 67.4 Å². The van der Waals surface area contributed by atoms with E-state index in [4.69, 9.17) is 9.84 Å². The third-order valence-corrected chi connectivity index (χ3v) is 8.55. The summed E-state index contributed by atoms with van der Waals surface area (Å²) >= 11 is 0. The van der Waals surface area contributed by atoms with Crippen LogP contribution in [0.15, 0.2) is 66.0 Å². The minimum absolute atomic E-state index is 0.00282. The molecule has 46 heavy (non-hydrogen) atoms. The zero-order chi connectivity index (χ0) is 33.4. The fourth-order valence-corrected chi connectivity index (χ4v) is 6.09. The second kappa shape index (κ2) is 15.0. The van der Waals surface area contributed by atoms with Crippen molar-refractivity contribution in [3.05, 3.63) is 72.2 Å². The van der Waals surface area contributed by atoms with E-state index in [2.05, 4.69) is 17.2 Å². The smallest absolute Gasteiger partial charge is 0.326 e. The van der Waals surface area contributed by atoms with E-state index in [9.17, 15) is 37.3 Å². The highest BCUT2D eigenvalue weighted by Crippen LogP contribution is 2.29. The number of likely N-dealkylation sites (tertiary alicyclic amines) is 1. The number of amides is 2. The number of aromatic nitrogens is 2. The SMILES string of the molecule is CCCCCC[C@H](C(=O)N1C[C@H](Oc2ccc(CC(=O)O)cc2)C[C@@H]1C(=O)O)n1cnc(NC(=O)c2ccccc2S(=O)(=O)O)c1. The normalized spacial score (nSPS) is 17.0. The average Bonchev–Trinajstić information content (AvgIpc) is 3.64. The number of unbranched alkanes of at least 4 members (excludes halogenated alkanes) is 3. The number of anilines is 1. The maximum atomic E-state index is 14.0. The Hall–Kier alpha value is -4.76. The molecule has 0 radical (unpaired) electrons. The lowest BCUT2D eigenvalue weighted by Gasteiger charge is -2.27. The van der Waals surface area contributed by atoms with Gasteiger partial charge in [-0.05, 0) is 36.2 Å². The molecular weight excluding hydrogens is 620 g/mol. The number of hydrogen-bond donors (Lipinski definition) is 4. The number of nitrogens with one attached hydrogen (secondary N) is 1. The van der Waals surface area contributed by atoms with Crippen LogP contribution in [-0.4, -0.2) is 80.1 Å². The number of nitrogens with zero attached hydrogens (tertiary/aromatic N) is 3. The number of carboxylic acid groups (broad SMARTS) is 2. The Labute approximate surface area is 265 Å². The van der Waals surface area contributed by atoms with Crippen molar-refractivity contribution in [3.8, 4) is 5.75 Å². The number of carbonyl (C=O) groups is 4. The Morgan fingerprint density at radius 3 is 2.41 bits per heavy atom. The van der Waals surface area contributed by atoms with Gasteiger partial charge < -0.3 is 29.7 Å². The Bertz CT molecular complexity index is 1670. The van der Waals surface area contributed by atoms with E-state index in [1.165, 1.54) is 40.2 Å². The molecule has 0 aliphatic carbocycles. The quantitative estimate of drug-likeness (QED) is 0.137. The van der Waals surface area contributed by atoms with Crippen LogP contribution in [0.5, 0.6) is 5.75 Å². The largest absolute Gasteiger partial charge is 0.488 e. The van der Waals surface area contributed by atoms with Crippen molar-refractivity contribution in [1.29, 1.82) is 0 Å². The Balaban J connectivity index is 1.53. The van der Waals surface area contributed by atoms with Gasteiger partial charge in [-0.25, -0.2) is 9.78 Å². The van der Waals surface area contributed by atoms with Gasteiger partial charge >= 0.3 is 11.9 Å². The molecule has 0 saturated carbocycles. The highest BCUT2D eigenvalue weighted by Gasteiger charge is 2.43. The molecule has 15 heteroatoms. The number of carboxylic acids is 2. The summed E-state index contributed by atoms with van der Waals surface area (Å²) in [5, 5.41) is 21.5. The van der Waals surface area contributed by atoms with Crippen LogP contribution in [0.4, 0.5) is 5.82 Å². The second-order valence-electron chi connectivity index (χ2n) is 11.0. The van der Waals surface area contributed by atoms with Crippen LogP contribution in [0.2, 0.25) is 0 Å². The summed E-state index contributed by atoms with van der Waals surface area (Å²) in [7, 11) is -4.67. The molecule has 4 rings (SSSR count). The standard InChI is InChI=1S/C31H36N4O10S/c1-2-3-4-5-9-24(34-18-27(32-19-34)33-29(38)23-8-6-7-10-26(23)46(42,43)44)30(39)35-17-22(16-25(35)31(40)41)45-21-13-11-20(12-14-21)15-28(36)37/h6-8,10-14,18-19,22,24-25H,2-5,9,15-17H2,1H3,(H,33,38)(H,36,37)(H,40,41)(H,42,43,44)/t22-,24-,25-/m1/s1. The summed E-state index contributed by atoms with van der Waals surface area (Å²) in [6.45, 7) is 2.05. The summed E-state index contributed by atoms with van der Waals surface area (Å²) in [5.74, 6) is -3.02. The number of ether oxygens (including phenoxy) is 1. The monoisotopic (exact) mass is 656 g/mol. The fourth-order valence-electron chi connectivity index (χ4n) is 5.40. The van der Waals surface area contributed by atoms with Gasteiger partial charge in [-0.15, -0.1) is 0 Å². The van der Waals surface area contributed by atoms with Crippen molar-refractivity contribution < 1.29 is 47.1 Å². The predicted molar refractivity (Wildman–Crippen MR) is 164 cm³/mol. The first-order chi connectivity index (χ1) is 21.9. The summed E-state index contributed by atoms with van der Waals surface area (Å²) in [4.78, 5) is 55.0. The van der Waals surface area contributed by atoms with Gasteiger partial charge in [0.2, 0.25) is 5.91 Å². The molecule has 14 nitrogen and oxygen atoms in total. The Kier molecular flexibility index (Phi) is 11.1. The zero-order valence-corrected chi connectivity index (χ0v) is 25.9. The van der Waals surface area contributed by atoms with Crippen LogP contribution in [-0.2, 0) is 30.9 Å². The molecule has 2 amide bonds. The Morgan fingerprint density at radius 2 is 1.76 bits per heavy atom. The first-order valence-electron chi connectivity index (χ1n) is 14.8. The van der Waals surface area contributed by atoms with E-state index < -0.39 is 57.0 Å². The lowest BCUT2D eigenvalue weighted by Crippen LogP contribution is -2.44. The number of carbonyl (C=O) groups excluding carboxylic acids is 2. The third-order valence-electron chi connectivity index (χ3n) is 7.64. The third kappa shape index (κ3) is 8.69. The number of benzene rings is 2.